The van der Waals surface area contributed by atoms with E-state index in [1.165, 1.54) is 17.8 Å². The molecule has 1 amide bonds. The summed E-state index contributed by atoms with van der Waals surface area (Å²) in [6.45, 7) is 3.64. The summed E-state index contributed by atoms with van der Waals surface area (Å²) in [5.41, 5.74) is 6.08. The molecule has 1 aromatic heterocycles. The fourth-order valence-electron chi connectivity index (χ4n) is 3.09. The summed E-state index contributed by atoms with van der Waals surface area (Å²) < 4.78 is 0. The molecule has 0 bridgehead atoms. The van der Waals surface area contributed by atoms with E-state index in [0.29, 0.717) is 17.9 Å². The highest BCUT2D eigenvalue weighted by Crippen LogP contribution is 2.37. The Morgan fingerprint density at radius 1 is 1.50 bits per heavy atom. The summed E-state index contributed by atoms with van der Waals surface area (Å²) in [7, 11) is 0. The van der Waals surface area contributed by atoms with Gasteiger partial charge in [0.25, 0.3) is 5.91 Å². The molecule has 0 aromatic carbocycles. The number of halogens is 1. The van der Waals surface area contributed by atoms with E-state index in [4.69, 9.17) is 5.73 Å². The molecule has 2 heterocycles. The number of hydrogen-bond donors (Lipinski definition) is 1. The highest BCUT2D eigenvalue weighted by molar-refractivity contribution is 7.13. The maximum absolute atomic E-state index is 12.3. The lowest BCUT2D eigenvalue weighted by Crippen LogP contribution is -2.33. The molecule has 4 nitrogen and oxygen atoms in total. The molecule has 3 unspecified atom stereocenters. The third-order valence-electron chi connectivity index (χ3n) is 4.03. The number of aryl methyl sites for hydroxylation is 1. The average Bonchev–Trinajstić information content (AvgIpc) is 2.96. The zero-order valence-corrected chi connectivity index (χ0v) is 12.0. The lowest BCUT2D eigenvalue weighted by molar-refractivity contribution is 0.0784. The molecule has 3 rings (SSSR count). The lowest BCUT2D eigenvalue weighted by atomic mass is 9.98. The van der Waals surface area contributed by atoms with Crippen LogP contribution in [0.15, 0.2) is 6.20 Å². The first-order chi connectivity index (χ1) is 8.15. The van der Waals surface area contributed by atoms with Crippen LogP contribution in [-0.2, 0) is 0 Å². The third-order valence-corrected chi connectivity index (χ3v) is 4.93. The van der Waals surface area contributed by atoms with Gasteiger partial charge in [0.05, 0.1) is 11.2 Å². The van der Waals surface area contributed by atoms with Gasteiger partial charge in [0.15, 0.2) is 0 Å². The summed E-state index contributed by atoms with van der Waals surface area (Å²) in [5.74, 6) is 1.29. The van der Waals surface area contributed by atoms with Crippen molar-refractivity contribution in [1.82, 2.24) is 9.88 Å². The molecule has 1 aliphatic carbocycles. The lowest BCUT2D eigenvalue weighted by Gasteiger charge is -2.17. The van der Waals surface area contributed by atoms with Crippen molar-refractivity contribution in [3.05, 3.63) is 16.1 Å². The first kappa shape index (κ1) is 13.8. The predicted molar refractivity (Wildman–Crippen MR) is 74.2 cm³/mol. The number of nitrogens with zero attached hydrogens (tertiary/aromatic N) is 2. The minimum Gasteiger partial charge on any atom is -0.337 e. The zero-order chi connectivity index (χ0) is 12.0. The van der Waals surface area contributed by atoms with Crippen LogP contribution in [0, 0.1) is 18.8 Å². The molecule has 6 heteroatoms. The number of thiazole rings is 1. The van der Waals surface area contributed by atoms with Crippen LogP contribution in [0.25, 0.3) is 0 Å². The molecule has 1 saturated carbocycles. The van der Waals surface area contributed by atoms with Gasteiger partial charge >= 0.3 is 0 Å². The second-order valence-electron chi connectivity index (χ2n) is 5.12. The van der Waals surface area contributed by atoms with E-state index in [2.05, 4.69) is 4.98 Å². The molecule has 1 aromatic rings. The monoisotopic (exact) mass is 287 g/mol. The Morgan fingerprint density at radius 3 is 2.89 bits per heavy atom. The van der Waals surface area contributed by atoms with Crippen molar-refractivity contribution < 1.29 is 4.79 Å². The van der Waals surface area contributed by atoms with Crippen LogP contribution in [0.1, 0.15) is 27.5 Å². The molecule has 2 aliphatic rings. The van der Waals surface area contributed by atoms with Gasteiger partial charge in [0.1, 0.15) is 4.88 Å². The highest BCUT2D eigenvalue weighted by Gasteiger charge is 2.42. The SMILES string of the molecule is Cc1ncc(C(=O)N2CC3CCC(N)C3C2)s1.Cl. The molecule has 0 spiro atoms. The van der Waals surface area contributed by atoms with E-state index >= 15 is 0 Å². The molecular weight excluding hydrogens is 270 g/mol. The number of amides is 1. The third kappa shape index (κ3) is 2.27. The number of carbonyl (C=O) groups excluding carboxylic acids is 1. The largest absolute Gasteiger partial charge is 0.337 e. The number of aromatic nitrogens is 1. The van der Waals surface area contributed by atoms with Crippen LogP contribution in [-0.4, -0.2) is 34.9 Å². The van der Waals surface area contributed by atoms with Gasteiger partial charge < -0.3 is 10.6 Å². The van der Waals surface area contributed by atoms with Crippen molar-refractivity contribution >= 4 is 29.7 Å². The standard InChI is InChI=1S/C12H17N3OS.ClH/c1-7-14-4-11(17-7)12(16)15-5-8-2-3-10(13)9(8)6-15;/h4,8-10H,2-3,5-6,13H2,1H3;1H. The van der Waals surface area contributed by atoms with Gasteiger partial charge in [-0.05, 0) is 31.6 Å². The summed E-state index contributed by atoms with van der Waals surface area (Å²) in [6, 6.07) is 0.293. The van der Waals surface area contributed by atoms with E-state index in [-0.39, 0.29) is 18.3 Å². The summed E-state index contributed by atoms with van der Waals surface area (Å²) in [6.07, 6.45) is 3.99. The van der Waals surface area contributed by atoms with Crippen LogP contribution < -0.4 is 5.73 Å². The van der Waals surface area contributed by atoms with Gasteiger partial charge in [0.2, 0.25) is 0 Å². The maximum Gasteiger partial charge on any atom is 0.265 e. The van der Waals surface area contributed by atoms with Crippen molar-refractivity contribution in [2.24, 2.45) is 17.6 Å². The Bertz CT molecular complexity index is 450. The average molecular weight is 288 g/mol. The summed E-state index contributed by atoms with van der Waals surface area (Å²) in [5, 5.41) is 0.949. The normalized spacial score (nSPS) is 30.1. The quantitative estimate of drug-likeness (QED) is 0.855. The minimum atomic E-state index is 0. The van der Waals surface area contributed by atoms with E-state index < -0.39 is 0 Å². The first-order valence-corrected chi connectivity index (χ1v) is 6.94. The number of likely N-dealkylation sites (tertiary alicyclic amines) is 1. The van der Waals surface area contributed by atoms with Gasteiger partial charge in [-0.15, -0.1) is 23.7 Å². The summed E-state index contributed by atoms with van der Waals surface area (Å²) >= 11 is 1.48. The smallest absolute Gasteiger partial charge is 0.265 e. The Balaban J connectivity index is 0.00000120. The van der Waals surface area contributed by atoms with E-state index in [9.17, 15) is 4.79 Å². The number of carbonyl (C=O) groups is 1. The number of hydrogen-bond acceptors (Lipinski definition) is 4. The molecule has 2 fully saturated rings. The van der Waals surface area contributed by atoms with Crippen LogP contribution in [0.3, 0.4) is 0 Å². The Morgan fingerprint density at radius 2 is 2.28 bits per heavy atom. The molecule has 18 heavy (non-hydrogen) atoms. The fraction of sp³-hybridized carbons (Fsp3) is 0.667. The van der Waals surface area contributed by atoms with E-state index in [0.717, 1.165) is 29.4 Å². The zero-order valence-electron chi connectivity index (χ0n) is 10.3. The van der Waals surface area contributed by atoms with Gasteiger partial charge in [-0.1, -0.05) is 0 Å². The number of fused-ring (bicyclic) bond motifs is 1. The Labute approximate surface area is 117 Å². The van der Waals surface area contributed by atoms with Gasteiger partial charge in [-0.2, -0.15) is 0 Å². The molecule has 1 saturated heterocycles. The molecule has 3 atom stereocenters. The van der Waals surface area contributed by atoms with Crippen molar-refractivity contribution in [1.29, 1.82) is 0 Å². The maximum atomic E-state index is 12.3. The molecular formula is C12H18ClN3OS. The molecule has 1 aliphatic heterocycles. The van der Waals surface area contributed by atoms with Crippen LogP contribution in [0.2, 0.25) is 0 Å². The molecule has 2 N–H and O–H groups in total. The number of nitrogens with two attached hydrogens (primary N) is 1. The van der Waals surface area contributed by atoms with Crippen molar-refractivity contribution in [3.63, 3.8) is 0 Å². The Kier molecular flexibility index (Phi) is 3.94. The van der Waals surface area contributed by atoms with Crippen LogP contribution >= 0.6 is 23.7 Å². The molecule has 100 valence electrons. The van der Waals surface area contributed by atoms with Gasteiger partial charge in [-0.3, -0.25) is 4.79 Å². The first-order valence-electron chi connectivity index (χ1n) is 6.12. The van der Waals surface area contributed by atoms with Crippen molar-refractivity contribution in [3.8, 4) is 0 Å². The fourth-order valence-corrected chi connectivity index (χ4v) is 3.83. The predicted octanol–water partition coefficient (Wildman–Crippen LogP) is 1.68. The van der Waals surface area contributed by atoms with E-state index in [1.54, 1.807) is 6.20 Å². The number of rotatable bonds is 1. The second kappa shape index (κ2) is 5.15. The van der Waals surface area contributed by atoms with Crippen LogP contribution in [0.4, 0.5) is 0 Å². The van der Waals surface area contributed by atoms with Crippen LogP contribution in [0.5, 0.6) is 0 Å². The minimum absolute atomic E-state index is 0. The van der Waals surface area contributed by atoms with Gasteiger partial charge in [-0.25, -0.2) is 4.98 Å². The topological polar surface area (TPSA) is 59.2 Å². The highest BCUT2D eigenvalue weighted by atomic mass is 35.5. The molecule has 0 radical (unpaired) electrons. The second-order valence-corrected chi connectivity index (χ2v) is 6.35. The van der Waals surface area contributed by atoms with Gasteiger partial charge in [0, 0.05) is 19.1 Å². The Hall–Kier alpha value is -0.650. The van der Waals surface area contributed by atoms with E-state index in [1.807, 2.05) is 11.8 Å². The summed E-state index contributed by atoms with van der Waals surface area (Å²) in [4.78, 5) is 19.1. The van der Waals surface area contributed by atoms with Crippen molar-refractivity contribution in [2.75, 3.05) is 13.1 Å². The van der Waals surface area contributed by atoms with Crippen molar-refractivity contribution in [2.45, 2.75) is 25.8 Å².